The number of thiophene rings is 1. The minimum absolute atomic E-state index is 0.557. The van der Waals surface area contributed by atoms with Crippen LogP contribution in [0.3, 0.4) is 0 Å². The Morgan fingerprint density at radius 1 is 1.28 bits per heavy atom. The predicted molar refractivity (Wildman–Crippen MR) is 79.5 cm³/mol. The Morgan fingerprint density at radius 3 is 2.94 bits per heavy atom. The molecule has 0 saturated heterocycles. The van der Waals surface area contributed by atoms with Crippen LogP contribution in [0.25, 0.3) is 0 Å². The second kappa shape index (κ2) is 5.15. The zero-order chi connectivity index (χ0) is 12.7. The highest BCUT2D eigenvalue weighted by atomic mass is 35.5. The van der Waals surface area contributed by atoms with Crippen molar-refractivity contribution in [2.75, 3.05) is 0 Å². The first-order valence-electron chi connectivity index (χ1n) is 7.19. The van der Waals surface area contributed by atoms with Gasteiger partial charge < -0.3 is 5.32 Å². The molecular weight excluding hydrogens is 262 g/mol. The van der Waals surface area contributed by atoms with Crippen LogP contribution in [0.5, 0.6) is 0 Å². The number of fused-ring (bicyclic) bond motifs is 1. The van der Waals surface area contributed by atoms with E-state index >= 15 is 0 Å². The minimum Gasteiger partial charge on any atom is -0.307 e. The lowest BCUT2D eigenvalue weighted by molar-refractivity contribution is 0.193. The summed E-state index contributed by atoms with van der Waals surface area (Å²) in [6.45, 7) is 4.82. The van der Waals surface area contributed by atoms with E-state index < -0.39 is 0 Å². The average Bonchev–Trinajstić information content (AvgIpc) is 2.86. The first-order chi connectivity index (χ1) is 8.65. The summed E-state index contributed by atoms with van der Waals surface area (Å²) in [6.07, 6.45) is 6.60. The lowest BCUT2D eigenvalue weighted by atomic mass is 9.77. The summed E-state index contributed by atoms with van der Waals surface area (Å²) in [5, 5.41) is 3.92. The van der Waals surface area contributed by atoms with Crippen molar-refractivity contribution in [3.63, 3.8) is 0 Å². The van der Waals surface area contributed by atoms with Crippen molar-refractivity contribution in [2.45, 2.75) is 58.0 Å². The van der Waals surface area contributed by atoms with Gasteiger partial charge in [-0.15, -0.1) is 11.3 Å². The molecule has 1 fully saturated rings. The quantitative estimate of drug-likeness (QED) is 0.822. The van der Waals surface area contributed by atoms with Gasteiger partial charge in [0.05, 0.1) is 4.34 Å². The van der Waals surface area contributed by atoms with Crippen LogP contribution >= 0.6 is 22.9 Å². The molecular formula is C15H22ClNS. The van der Waals surface area contributed by atoms with Gasteiger partial charge in [0.1, 0.15) is 0 Å². The molecule has 0 aliphatic heterocycles. The standard InChI is InChI=1S/C15H22ClNS/c1-9-4-3-5-12(10(9)2)17-13-6-7-14-11(13)8-15(16)18-14/h8-10,12-13,17H,3-7H2,1-2H3. The third-order valence-electron chi connectivity index (χ3n) is 4.97. The summed E-state index contributed by atoms with van der Waals surface area (Å²) in [5.74, 6) is 1.67. The van der Waals surface area contributed by atoms with Crippen molar-refractivity contribution in [2.24, 2.45) is 11.8 Å². The van der Waals surface area contributed by atoms with Crippen LogP contribution in [0.1, 0.15) is 56.0 Å². The van der Waals surface area contributed by atoms with Gasteiger partial charge in [0.2, 0.25) is 0 Å². The van der Waals surface area contributed by atoms with Crippen molar-refractivity contribution >= 4 is 22.9 Å². The number of halogens is 1. The Hall–Kier alpha value is -0.0500. The Labute approximate surface area is 119 Å². The van der Waals surface area contributed by atoms with E-state index in [1.807, 2.05) is 0 Å². The van der Waals surface area contributed by atoms with E-state index in [-0.39, 0.29) is 0 Å². The van der Waals surface area contributed by atoms with E-state index in [2.05, 4.69) is 25.2 Å². The van der Waals surface area contributed by atoms with E-state index in [0.717, 1.165) is 16.2 Å². The van der Waals surface area contributed by atoms with Crippen molar-refractivity contribution in [1.82, 2.24) is 5.32 Å². The lowest BCUT2D eigenvalue weighted by Crippen LogP contribution is -2.41. The summed E-state index contributed by atoms with van der Waals surface area (Å²) >= 11 is 7.90. The molecule has 1 heterocycles. The minimum atomic E-state index is 0.557. The second-order valence-electron chi connectivity index (χ2n) is 6.06. The van der Waals surface area contributed by atoms with Gasteiger partial charge in [0.15, 0.2) is 0 Å². The molecule has 1 N–H and O–H groups in total. The molecule has 1 aromatic heterocycles. The average molecular weight is 284 g/mol. The van der Waals surface area contributed by atoms with Crippen molar-refractivity contribution in [1.29, 1.82) is 0 Å². The molecule has 0 aromatic carbocycles. The van der Waals surface area contributed by atoms with Crippen LogP contribution in [-0.4, -0.2) is 6.04 Å². The van der Waals surface area contributed by atoms with E-state index in [1.54, 1.807) is 11.3 Å². The normalized spacial score (nSPS) is 35.7. The van der Waals surface area contributed by atoms with Crippen molar-refractivity contribution < 1.29 is 0 Å². The molecule has 3 rings (SSSR count). The first kappa shape index (κ1) is 13.0. The smallest absolute Gasteiger partial charge is 0.0934 e. The second-order valence-corrected chi connectivity index (χ2v) is 7.83. The topological polar surface area (TPSA) is 12.0 Å². The predicted octanol–water partition coefficient (Wildman–Crippen LogP) is 4.80. The van der Waals surface area contributed by atoms with E-state index in [0.29, 0.717) is 12.1 Å². The highest BCUT2D eigenvalue weighted by molar-refractivity contribution is 7.16. The van der Waals surface area contributed by atoms with Gasteiger partial charge in [-0.05, 0) is 42.7 Å². The number of aryl methyl sites for hydroxylation is 1. The molecule has 0 spiro atoms. The van der Waals surface area contributed by atoms with Crippen LogP contribution in [0.15, 0.2) is 6.07 Å². The summed E-state index contributed by atoms with van der Waals surface area (Å²) in [5.41, 5.74) is 1.48. The van der Waals surface area contributed by atoms with Crippen LogP contribution in [0.2, 0.25) is 4.34 Å². The molecule has 0 amide bonds. The maximum absolute atomic E-state index is 6.13. The van der Waals surface area contributed by atoms with Crippen LogP contribution < -0.4 is 5.32 Å². The summed E-state index contributed by atoms with van der Waals surface area (Å²) < 4.78 is 0.955. The molecule has 0 radical (unpaired) electrons. The summed E-state index contributed by atoms with van der Waals surface area (Å²) in [6, 6.07) is 3.44. The maximum atomic E-state index is 6.13. The van der Waals surface area contributed by atoms with Crippen molar-refractivity contribution in [3.05, 3.63) is 20.8 Å². The number of hydrogen-bond donors (Lipinski definition) is 1. The lowest BCUT2D eigenvalue weighted by Gasteiger charge is -2.36. The van der Waals surface area contributed by atoms with Crippen molar-refractivity contribution in [3.8, 4) is 0 Å². The number of nitrogens with one attached hydrogen (secondary N) is 1. The van der Waals surface area contributed by atoms with Gasteiger partial charge in [-0.2, -0.15) is 0 Å². The van der Waals surface area contributed by atoms with Gasteiger partial charge in [0.25, 0.3) is 0 Å². The Balaban J connectivity index is 1.70. The van der Waals surface area contributed by atoms with E-state index in [9.17, 15) is 0 Å². The zero-order valence-corrected chi connectivity index (χ0v) is 12.8. The molecule has 100 valence electrons. The summed E-state index contributed by atoms with van der Waals surface area (Å²) in [7, 11) is 0. The van der Waals surface area contributed by atoms with Gasteiger partial charge in [0, 0.05) is 17.0 Å². The third kappa shape index (κ3) is 2.35. The van der Waals surface area contributed by atoms with Gasteiger partial charge >= 0.3 is 0 Å². The Morgan fingerprint density at radius 2 is 2.11 bits per heavy atom. The Kier molecular flexibility index (Phi) is 3.70. The maximum Gasteiger partial charge on any atom is 0.0934 e. The van der Waals surface area contributed by atoms with Crippen LogP contribution in [-0.2, 0) is 6.42 Å². The van der Waals surface area contributed by atoms with Crippen LogP contribution in [0.4, 0.5) is 0 Å². The molecule has 3 heteroatoms. The molecule has 18 heavy (non-hydrogen) atoms. The molecule has 4 unspecified atom stereocenters. The molecule has 1 saturated carbocycles. The van der Waals surface area contributed by atoms with E-state index in [4.69, 9.17) is 11.6 Å². The fourth-order valence-corrected chi connectivity index (χ4v) is 4.94. The van der Waals surface area contributed by atoms with Gasteiger partial charge in [-0.3, -0.25) is 0 Å². The Bertz CT molecular complexity index is 428. The monoisotopic (exact) mass is 283 g/mol. The fourth-order valence-electron chi connectivity index (χ4n) is 3.58. The van der Waals surface area contributed by atoms with Gasteiger partial charge in [-0.1, -0.05) is 38.3 Å². The molecule has 1 nitrogen and oxygen atoms in total. The molecule has 4 atom stereocenters. The zero-order valence-electron chi connectivity index (χ0n) is 11.2. The molecule has 1 aromatic rings. The van der Waals surface area contributed by atoms with E-state index in [1.165, 1.54) is 42.5 Å². The molecule has 0 bridgehead atoms. The SMILES string of the molecule is CC1CCCC(NC2CCc3sc(Cl)cc32)C1C. The fraction of sp³-hybridized carbons (Fsp3) is 0.733. The highest BCUT2D eigenvalue weighted by Crippen LogP contribution is 2.41. The first-order valence-corrected chi connectivity index (χ1v) is 8.38. The number of rotatable bonds is 2. The molecule has 2 aliphatic carbocycles. The largest absolute Gasteiger partial charge is 0.307 e. The summed E-state index contributed by atoms with van der Waals surface area (Å²) in [4.78, 5) is 1.51. The highest BCUT2D eigenvalue weighted by Gasteiger charge is 2.32. The number of hydrogen-bond acceptors (Lipinski definition) is 2. The van der Waals surface area contributed by atoms with Crippen LogP contribution in [0, 0.1) is 11.8 Å². The van der Waals surface area contributed by atoms with Gasteiger partial charge in [-0.25, -0.2) is 0 Å². The third-order valence-corrected chi connectivity index (χ3v) is 6.31. The molecule has 2 aliphatic rings.